The van der Waals surface area contributed by atoms with Gasteiger partial charge in [0.25, 0.3) is 0 Å². The molecule has 2 aromatic carbocycles. The largest absolute Gasteiger partial charge is 0.454 e. The van der Waals surface area contributed by atoms with Gasteiger partial charge in [0.1, 0.15) is 6.04 Å². The first kappa shape index (κ1) is 29.3. The Morgan fingerprint density at radius 2 is 1.79 bits per heavy atom. The molecular weight excluding hydrogens is 506 g/mol. The zero-order valence-electron chi connectivity index (χ0n) is 22.9. The van der Waals surface area contributed by atoms with Crippen LogP contribution in [-0.2, 0) is 26.2 Å². The summed E-state index contributed by atoms with van der Waals surface area (Å²) in [6, 6.07) is 12.2. The Kier molecular flexibility index (Phi) is 10.0. The van der Waals surface area contributed by atoms with Gasteiger partial charge < -0.3 is 19.7 Å². The lowest BCUT2D eigenvalue weighted by Gasteiger charge is -2.32. The lowest BCUT2D eigenvalue weighted by atomic mass is 10.1. The molecule has 0 saturated carbocycles. The first-order valence-corrected chi connectivity index (χ1v) is 14.9. The number of hydrogen-bond donors (Lipinski definition) is 1. The first-order valence-electron chi connectivity index (χ1n) is 13.1. The summed E-state index contributed by atoms with van der Waals surface area (Å²) in [6.45, 7) is 8.30. The van der Waals surface area contributed by atoms with Gasteiger partial charge in [-0.25, -0.2) is 8.42 Å². The monoisotopic (exact) mass is 545 g/mol. The number of rotatable bonds is 13. The van der Waals surface area contributed by atoms with E-state index in [0.717, 1.165) is 23.8 Å². The summed E-state index contributed by atoms with van der Waals surface area (Å²) in [5.41, 5.74) is 2.45. The number of fused-ring (bicyclic) bond motifs is 1. The number of amides is 2. The Balaban J connectivity index is 1.77. The molecule has 1 N–H and O–H groups in total. The maximum atomic E-state index is 13.6. The molecule has 1 aliphatic rings. The lowest BCUT2D eigenvalue weighted by molar-refractivity contribution is -0.141. The third kappa shape index (κ3) is 7.63. The topological polar surface area (TPSA) is 105 Å². The van der Waals surface area contributed by atoms with Crippen molar-refractivity contribution in [3.05, 3.63) is 53.6 Å². The van der Waals surface area contributed by atoms with E-state index in [1.54, 1.807) is 23.1 Å². The molecule has 0 radical (unpaired) electrons. The fourth-order valence-corrected chi connectivity index (χ4v) is 5.37. The van der Waals surface area contributed by atoms with E-state index in [-0.39, 0.29) is 44.0 Å². The third-order valence-corrected chi connectivity index (χ3v) is 7.81. The van der Waals surface area contributed by atoms with Gasteiger partial charge >= 0.3 is 0 Å². The molecule has 0 bridgehead atoms. The zero-order chi connectivity index (χ0) is 27.9. The molecule has 10 heteroatoms. The van der Waals surface area contributed by atoms with E-state index >= 15 is 0 Å². The van der Waals surface area contributed by atoms with E-state index in [4.69, 9.17) is 9.47 Å². The number of carbonyl (C=O) groups is 2. The van der Waals surface area contributed by atoms with Crippen molar-refractivity contribution in [3.63, 3.8) is 0 Å². The van der Waals surface area contributed by atoms with Crippen LogP contribution in [0.25, 0.3) is 0 Å². The predicted octanol–water partition coefficient (Wildman–Crippen LogP) is 3.99. The minimum absolute atomic E-state index is 0.00232. The summed E-state index contributed by atoms with van der Waals surface area (Å²) < 4.78 is 37.2. The van der Waals surface area contributed by atoms with Gasteiger partial charge in [0.2, 0.25) is 28.6 Å². The van der Waals surface area contributed by atoms with Gasteiger partial charge in [0.15, 0.2) is 11.5 Å². The van der Waals surface area contributed by atoms with E-state index in [9.17, 15) is 18.0 Å². The molecular formula is C28H39N3O6S. The summed E-state index contributed by atoms with van der Waals surface area (Å²) in [4.78, 5) is 28.3. The van der Waals surface area contributed by atoms with E-state index in [1.165, 1.54) is 4.31 Å². The average Bonchev–Trinajstić information content (AvgIpc) is 3.33. The predicted molar refractivity (Wildman–Crippen MR) is 148 cm³/mol. The van der Waals surface area contributed by atoms with Crippen molar-refractivity contribution in [1.29, 1.82) is 0 Å². The molecule has 1 aliphatic heterocycles. The van der Waals surface area contributed by atoms with Crippen LogP contribution in [0.3, 0.4) is 0 Å². The van der Waals surface area contributed by atoms with Gasteiger partial charge in [-0.05, 0) is 50.8 Å². The maximum Gasteiger partial charge on any atom is 0.243 e. The van der Waals surface area contributed by atoms with Crippen molar-refractivity contribution in [2.75, 3.05) is 23.9 Å². The average molecular weight is 546 g/mol. The lowest BCUT2D eigenvalue weighted by Crippen LogP contribution is -2.50. The SMILES string of the molecule is CC[C@H](C)NC(=O)[C@H](CC)N(Cc1cccc(C)c1)C(=O)CCCN(c1ccc2c(c1)OCO2)S(C)(=O)=O. The fraction of sp³-hybridized carbons (Fsp3) is 0.500. The smallest absolute Gasteiger partial charge is 0.243 e. The molecule has 1 heterocycles. The zero-order valence-corrected chi connectivity index (χ0v) is 23.7. The number of ether oxygens (including phenoxy) is 2. The second kappa shape index (κ2) is 13.0. The van der Waals surface area contributed by atoms with Crippen LogP contribution in [0.4, 0.5) is 5.69 Å². The van der Waals surface area contributed by atoms with Crippen LogP contribution in [0.2, 0.25) is 0 Å². The molecule has 0 fully saturated rings. The Morgan fingerprint density at radius 1 is 1.05 bits per heavy atom. The van der Waals surface area contributed by atoms with E-state index < -0.39 is 16.1 Å². The van der Waals surface area contributed by atoms with Crippen LogP contribution in [0.5, 0.6) is 11.5 Å². The second-order valence-electron chi connectivity index (χ2n) is 9.73. The molecule has 208 valence electrons. The minimum Gasteiger partial charge on any atom is -0.454 e. The van der Waals surface area contributed by atoms with Crippen LogP contribution >= 0.6 is 0 Å². The van der Waals surface area contributed by atoms with Gasteiger partial charge in [-0.15, -0.1) is 0 Å². The number of anilines is 1. The highest BCUT2D eigenvalue weighted by atomic mass is 32.2. The highest BCUT2D eigenvalue weighted by Gasteiger charge is 2.29. The second-order valence-corrected chi connectivity index (χ2v) is 11.6. The summed E-state index contributed by atoms with van der Waals surface area (Å²) in [6.07, 6.45) is 2.76. The highest BCUT2D eigenvalue weighted by molar-refractivity contribution is 7.92. The number of hydrogen-bond acceptors (Lipinski definition) is 6. The van der Waals surface area contributed by atoms with Crippen molar-refractivity contribution < 1.29 is 27.5 Å². The van der Waals surface area contributed by atoms with E-state index in [0.29, 0.717) is 30.2 Å². The van der Waals surface area contributed by atoms with Crippen molar-refractivity contribution in [2.24, 2.45) is 0 Å². The molecule has 2 amide bonds. The van der Waals surface area contributed by atoms with Crippen LogP contribution in [0.1, 0.15) is 57.6 Å². The standard InChI is InChI=1S/C28H39N3O6S/c1-6-21(4)29-28(33)24(7-2)30(18-22-11-8-10-20(3)16-22)27(32)12-9-15-31(38(5,34)35)23-13-14-25-26(17-23)37-19-36-25/h8,10-11,13-14,16-17,21,24H,6-7,9,12,15,18-19H2,1-5H3,(H,29,33)/t21-,24-/m0/s1. The number of sulfonamides is 1. The van der Waals surface area contributed by atoms with Crippen molar-refractivity contribution in [2.45, 2.75) is 72.0 Å². The van der Waals surface area contributed by atoms with Gasteiger partial charge in [-0.2, -0.15) is 0 Å². The first-order chi connectivity index (χ1) is 18.0. The van der Waals surface area contributed by atoms with E-state index in [2.05, 4.69) is 5.32 Å². The van der Waals surface area contributed by atoms with Crippen molar-refractivity contribution in [1.82, 2.24) is 10.2 Å². The van der Waals surface area contributed by atoms with Gasteiger partial charge in [-0.3, -0.25) is 13.9 Å². The van der Waals surface area contributed by atoms with Gasteiger partial charge in [0, 0.05) is 31.6 Å². The molecule has 3 rings (SSSR count). The summed E-state index contributed by atoms with van der Waals surface area (Å²) in [5, 5.41) is 3.01. The summed E-state index contributed by atoms with van der Waals surface area (Å²) in [5.74, 6) is 0.665. The summed E-state index contributed by atoms with van der Waals surface area (Å²) in [7, 11) is -3.61. The molecule has 0 aliphatic carbocycles. The maximum absolute atomic E-state index is 13.6. The Hall–Kier alpha value is -3.27. The Bertz CT molecular complexity index is 1230. The molecule has 0 spiro atoms. The van der Waals surface area contributed by atoms with Crippen LogP contribution < -0.4 is 19.1 Å². The van der Waals surface area contributed by atoms with Gasteiger partial charge in [-0.1, -0.05) is 43.7 Å². The minimum atomic E-state index is -3.61. The third-order valence-electron chi connectivity index (χ3n) is 6.62. The Labute approximate surface area is 226 Å². The molecule has 9 nitrogen and oxygen atoms in total. The normalized spacial score (nSPS) is 14.0. The molecule has 0 saturated heterocycles. The molecule has 0 aromatic heterocycles. The van der Waals surface area contributed by atoms with Crippen molar-refractivity contribution in [3.8, 4) is 11.5 Å². The number of aryl methyl sites for hydroxylation is 1. The quantitative estimate of drug-likeness (QED) is 0.408. The van der Waals surface area contributed by atoms with Crippen LogP contribution in [-0.4, -0.2) is 56.8 Å². The molecule has 0 unspecified atom stereocenters. The number of nitrogens with zero attached hydrogens (tertiary/aromatic N) is 2. The van der Waals surface area contributed by atoms with Crippen LogP contribution in [0.15, 0.2) is 42.5 Å². The number of benzene rings is 2. The number of nitrogens with one attached hydrogen (secondary N) is 1. The fourth-order valence-electron chi connectivity index (χ4n) is 4.41. The Morgan fingerprint density at radius 3 is 2.45 bits per heavy atom. The van der Waals surface area contributed by atoms with Crippen LogP contribution in [0, 0.1) is 6.92 Å². The molecule has 2 aromatic rings. The summed E-state index contributed by atoms with van der Waals surface area (Å²) >= 11 is 0. The highest BCUT2D eigenvalue weighted by Crippen LogP contribution is 2.36. The molecule has 38 heavy (non-hydrogen) atoms. The van der Waals surface area contributed by atoms with E-state index in [1.807, 2.05) is 52.0 Å². The van der Waals surface area contributed by atoms with Gasteiger partial charge in [0.05, 0.1) is 11.9 Å². The molecule has 2 atom stereocenters. The number of carbonyl (C=O) groups excluding carboxylic acids is 2. The van der Waals surface area contributed by atoms with Crippen molar-refractivity contribution >= 4 is 27.5 Å².